The molecular weight excluding hydrogens is 334 g/mol. The van der Waals surface area contributed by atoms with Gasteiger partial charge in [0.2, 0.25) is 5.82 Å². The van der Waals surface area contributed by atoms with Crippen LogP contribution in [0.15, 0.2) is 29.6 Å². The first-order valence-electron chi connectivity index (χ1n) is 8.32. The fraction of sp³-hybridized carbons (Fsp3) is 0.389. The standard InChI is InChI=1S/C18H21N5O3/c1-11-5-4-6-15(12(11)2)16-8-19-17(21-20-16)18(25)23-9-13(22-26-3)7-14(23)10-24/h4-6,8,14,24H,7,9-10H2,1-3H3/b22-13+/t14-/m0/s1. The van der Waals surface area contributed by atoms with E-state index >= 15 is 0 Å². The molecule has 0 radical (unpaired) electrons. The van der Waals surface area contributed by atoms with Gasteiger partial charge in [0.15, 0.2) is 0 Å². The number of aryl methyl sites for hydroxylation is 1. The summed E-state index contributed by atoms with van der Waals surface area (Å²) >= 11 is 0. The van der Waals surface area contributed by atoms with Gasteiger partial charge in [-0.25, -0.2) is 4.98 Å². The van der Waals surface area contributed by atoms with Crippen LogP contribution in [-0.4, -0.2) is 63.1 Å². The van der Waals surface area contributed by atoms with Crippen molar-refractivity contribution in [2.75, 3.05) is 20.3 Å². The molecular formula is C18H21N5O3. The first kappa shape index (κ1) is 17.9. The molecule has 0 spiro atoms. The second-order valence-corrected chi connectivity index (χ2v) is 6.23. The normalized spacial score (nSPS) is 18.4. The Morgan fingerprint density at radius 1 is 1.38 bits per heavy atom. The first-order valence-corrected chi connectivity index (χ1v) is 8.32. The Labute approximate surface area is 151 Å². The van der Waals surface area contributed by atoms with Crippen LogP contribution in [0.2, 0.25) is 0 Å². The minimum absolute atomic E-state index is 0.00354. The molecule has 8 nitrogen and oxygen atoms in total. The van der Waals surface area contributed by atoms with Gasteiger partial charge in [0, 0.05) is 12.0 Å². The SMILES string of the molecule is CO/N=C1\C[C@@H](CO)N(C(=O)c2ncc(-c3cccc(C)c3C)nn2)C1. The molecule has 1 fully saturated rings. The van der Waals surface area contributed by atoms with E-state index in [-0.39, 0.29) is 30.9 Å². The van der Waals surface area contributed by atoms with E-state index in [1.165, 1.54) is 12.0 Å². The van der Waals surface area contributed by atoms with E-state index in [9.17, 15) is 9.90 Å². The molecule has 26 heavy (non-hydrogen) atoms. The quantitative estimate of drug-likeness (QED) is 0.831. The molecule has 1 atom stereocenters. The zero-order valence-electron chi connectivity index (χ0n) is 15.0. The van der Waals surface area contributed by atoms with Crippen LogP contribution in [0.4, 0.5) is 0 Å². The summed E-state index contributed by atoms with van der Waals surface area (Å²) in [5.41, 5.74) is 4.50. The van der Waals surface area contributed by atoms with Crippen molar-refractivity contribution in [3.8, 4) is 11.3 Å². The van der Waals surface area contributed by atoms with Gasteiger partial charge >= 0.3 is 0 Å². The minimum Gasteiger partial charge on any atom is -0.399 e. The van der Waals surface area contributed by atoms with E-state index in [0.29, 0.717) is 17.8 Å². The number of carbonyl (C=O) groups excluding carboxylic acids is 1. The van der Waals surface area contributed by atoms with Crippen LogP contribution in [0.5, 0.6) is 0 Å². The molecule has 1 amide bonds. The molecule has 1 aromatic carbocycles. The van der Waals surface area contributed by atoms with E-state index in [1.54, 1.807) is 6.20 Å². The van der Waals surface area contributed by atoms with Gasteiger partial charge in [-0.05, 0) is 25.0 Å². The van der Waals surface area contributed by atoms with Crippen molar-refractivity contribution < 1.29 is 14.7 Å². The third-order valence-electron chi connectivity index (χ3n) is 4.59. The van der Waals surface area contributed by atoms with Gasteiger partial charge in [-0.3, -0.25) is 4.79 Å². The Kier molecular flexibility index (Phi) is 5.22. The summed E-state index contributed by atoms with van der Waals surface area (Å²) in [5, 5.41) is 21.6. The van der Waals surface area contributed by atoms with E-state index < -0.39 is 0 Å². The Hall–Kier alpha value is -2.87. The summed E-state index contributed by atoms with van der Waals surface area (Å²) < 4.78 is 0. The Balaban J connectivity index is 1.83. The lowest BCUT2D eigenvalue weighted by atomic mass is 10.0. The topological polar surface area (TPSA) is 101 Å². The van der Waals surface area contributed by atoms with Crippen molar-refractivity contribution in [2.24, 2.45) is 5.16 Å². The Morgan fingerprint density at radius 2 is 2.19 bits per heavy atom. The van der Waals surface area contributed by atoms with Crippen molar-refractivity contribution in [1.82, 2.24) is 20.1 Å². The number of amides is 1. The van der Waals surface area contributed by atoms with Gasteiger partial charge in [-0.1, -0.05) is 23.4 Å². The summed E-state index contributed by atoms with van der Waals surface area (Å²) in [4.78, 5) is 23.1. The largest absolute Gasteiger partial charge is 0.399 e. The fourth-order valence-electron chi connectivity index (χ4n) is 3.02. The van der Waals surface area contributed by atoms with E-state index in [0.717, 1.165) is 16.7 Å². The highest BCUT2D eigenvalue weighted by Gasteiger charge is 2.34. The van der Waals surface area contributed by atoms with Crippen LogP contribution < -0.4 is 0 Å². The second-order valence-electron chi connectivity index (χ2n) is 6.23. The van der Waals surface area contributed by atoms with Crippen LogP contribution in [0, 0.1) is 13.8 Å². The summed E-state index contributed by atoms with van der Waals surface area (Å²) in [6, 6.07) is 5.56. The number of hydrogen-bond donors (Lipinski definition) is 1. The molecule has 1 aliphatic rings. The summed E-state index contributed by atoms with van der Waals surface area (Å²) in [5.74, 6) is -0.387. The maximum Gasteiger partial charge on any atom is 0.294 e. The zero-order chi connectivity index (χ0) is 18.7. The highest BCUT2D eigenvalue weighted by molar-refractivity contribution is 5.98. The van der Waals surface area contributed by atoms with Crippen LogP contribution in [0.3, 0.4) is 0 Å². The summed E-state index contributed by atoms with van der Waals surface area (Å²) in [6.45, 7) is 4.15. The number of hydrogen-bond acceptors (Lipinski definition) is 7. The maximum atomic E-state index is 12.7. The number of carbonyl (C=O) groups is 1. The molecule has 0 bridgehead atoms. The predicted octanol–water partition coefficient (Wildman–Crippen LogP) is 1.36. The van der Waals surface area contributed by atoms with Crippen LogP contribution in [-0.2, 0) is 4.84 Å². The molecule has 136 valence electrons. The van der Waals surface area contributed by atoms with E-state index in [1.807, 2.05) is 32.0 Å². The minimum atomic E-state index is -0.384. The monoisotopic (exact) mass is 355 g/mol. The molecule has 1 N–H and O–H groups in total. The number of oxime groups is 1. The number of nitrogens with zero attached hydrogens (tertiary/aromatic N) is 5. The van der Waals surface area contributed by atoms with E-state index in [2.05, 4.69) is 20.3 Å². The van der Waals surface area contributed by atoms with Crippen molar-refractivity contribution >= 4 is 11.6 Å². The number of rotatable bonds is 4. The highest BCUT2D eigenvalue weighted by atomic mass is 16.6. The molecule has 0 aliphatic carbocycles. The number of benzene rings is 1. The lowest BCUT2D eigenvalue weighted by Gasteiger charge is -2.20. The van der Waals surface area contributed by atoms with Crippen LogP contribution in [0.25, 0.3) is 11.3 Å². The third-order valence-corrected chi connectivity index (χ3v) is 4.59. The molecule has 1 aliphatic heterocycles. The van der Waals surface area contributed by atoms with Gasteiger partial charge in [0.25, 0.3) is 5.91 Å². The predicted molar refractivity (Wildman–Crippen MR) is 95.7 cm³/mol. The average molecular weight is 355 g/mol. The summed E-state index contributed by atoms with van der Waals surface area (Å²) in [6.07, 6.45) is 2.01. The molecule has 2 heterocycles. The van der Waals surface area contributed by atoms with Gasteiger partial charge in [-0.2, -0.15) is 0 Å². The lowest BCUT2D eigenvalue weighted by Crippen LogP contribution is -2.38. The van der Waals surface area contributed by atoms with Gasteiger partial charge in [0.05, 0.1) is 31.1 Å². The van der Waals surface area contributed by atoms with Gasteiger partial charge < -0.3 is 14.8 Å². The second kappa shape index (κ2) is 7.57. The smallest absolute Gasteiger partial charge is 0.294 e. The highest BCUT2D eigenvalue weighted by Crippen LogP contribution is 2.23. The van der Waals surface area contributed by atoms with Crippen molar-refractivity contribution in [3.63, 3.8) is 0 Å². The molecule has 0 unspecified atom stereocenters. The van der Waals surface area contributed by atoms with Gasteiger partial charge in [0.1, 0.15) is 12.8 Å². The van der Waals surface area contributed by atoms with Crippen LogP contribution >= 0.6 is 0 Å². The van der Waals surface area contributed by atoms with Gasteiger partial charge in [-0.15, -0.1) is 10.2 Å². The molecule has 8 heteroatoms. The van der Waals surface area contributed by atoms with Crippen molar-refractivity contribution in [3.05, 3.63) is 41.3 Å². The summed E-state index contributed by atoms with van der Waals surface area (Å²) in [7, 11) is 1.45. The molecule has 1 aromatic heterocycles. The molecule has 1 saturated heterocycles. The molecule has 0 saturated carbocycles. The molecule has 2 aromatic rings. The van der Waals surface area contributed by atoms with Crippen molar-refractivity contribution in [1.29, 1.82) is 0 Å². The fourth-order valence-corrected chi connectivity index (χ4v) is 3.02. The Bertz CT molecular complexity index is 835. The number of aromatic nitrogens is 3. The van der Waals surface area contributed by atoms with E-state index in [4.69, 9.17) is 4.84 Å². The first-order chi connectivity index (χ1) is 12.5. The number of likely N-dealkylation sites (tertiary alicyclic amines) is 1. The number of aliphatic hydroxyl groups is 1. The average Bonchev–Trinajstić information content (AvgIpc) is 3.07. The maximum absolute atomic E-state index is 12.7. The van der Waals surface area contributed by atoms with Crippen molar-refractivity contribution in [2.45, 2.75) is 26.3 Å². The zero-order valence-corrected chi connectivity index (χ0v) is 15.0. The molecule has 3 rings (SSSR count). The Morgan fingerprint density at radius 3 is 2.85 bits per heavy atom. The number of aliphatic hydroxyl groups excluding tert-OH is 1. The van der Waals surface area contributed by atoms with Crippen LogP contribution in [0.1, 0.15) is 28.2 Å². The third kappa shape index (κ3) is 3.41. The lowest BCUT2D eigenvalue weighted by molar-refractivity contribution is 0.0666.